The molecule has 0 spiro atoms. The lowest BCUT2D eigenvalue weighted by atomic mass is 9.94. The van der Waals surface area contributed by atoms with Gasteiger partial charge in [0.15, 0.2) is 6.10 Å². The van der Waals surface area contributed by atoms with Crippen LogP contribution in [0.15, 0.2) is 18.2 Å². The molecule has 21 heavy (non-hydrogen) atoms. The molecule has 5 heteroatoms. The molecule has 1 aromatic rings. The van der Waals surface area contributed by atoms with E-state index >= 15 is 0 Å². The summed E-state index contributed by atoms with van der Waals surface area (Å²) in [5.74, 6) is 0.462. The molecule has 0 aliphatic rings. The fourth-order valence-corrected chi connectivity index (χ4v) is 1.97. The minimum atomic E-state index is -0.580. The van der Waals surface area contributed by atoms with Crippen molar-refractivity contribution in [2.45, 2.75) is 52.2 Å². The normalized spacial score (nSPS) is 12.9. The molecule has 0 bridgehead atoms. The zero-order chi connectivity index (χ0) is 16.0. The smallest absolute Gasteiger partial charge is 0.260 e. The Kier molecular flexibility index (Phi) is 6.49. The molecular weight excluding hydrogens is 288 g/mol. The van der Waals surface area contributed by atoms with Gasteiger partial charge in [-0.2, -0.15) is 0 Å². The van der Waals surface area contributed by atoms with Crippen molar-refractivity contribution < 1.29 is 9.53 Å². The van der Waals surface area contributed by atoms with Gasteiger partial charge in [0.05, 0.1) is 0 Å². The van der Waals surface area contributed by atoms with Crippen LogP contribution in [0.4, 0.5) is 0 Å². The lowest BCUT2D eigenvalue weighted by molar-refractivity contribution is -0.127. The predicted octanol–water partition coefficient (Wildman–Crippen LogP) is 3.05. The lowest BCUT2D eigenvalue weighted by Crippen LogP contribution is -2.51. The van der Waals surface area contributed by atoms with Crippen molar-refractivity contribution >= 4 is 17.5 Å². The van der Waals surface area contributed by atoms with E-state index < -0.39 is 6.10 Å². The second-order valence-electron chi connectivity index (χ2n) is 5.46. The second-order valence-corrected chi connectivity index (χ2v) is 5.87. The molecule has 0 aromatic heterocycles. The van der Waals surface area contributed by atoms with Crippen molar-refractivity contribution in [2.24, 2.45) is 5.73 Å². The van der Waals surface area contributed by atoms with Crippen LogP contribution in [-0.4, -0.2) is 24.1 Å². The number of carbonyl (C=O) groups is 1. The summed E-state index contributed by atoms with van der Waals surface area (Å²) < 4.78 is 5.63. The number of nitrogens with one attached hydrogen (secondary N) is 1. The van der Waals surface area contributed by atoms with Gasteiger partial charge in [-0.3, -0.25) is 4.79 Å². The van der Waals surface area contributed by atoms with Gasteiger partial charge in [0.2, 0.25) is 0 Å². The predicted molar refractivity (Wildman–Crippen MR) is 86.8 cm³/mol. The van der Waals surface area contributed by atoms with Crippen molar-refractivity contribution in [3.8, 4) is 5.75 Å². The summed E-state index contributed by atoms with van der Waals surface area (Å²) in [7, 11) is 0. The number of benzene rings is 1. The Morgan fingerprint density at radius 2 is 2.05 bits per heavy atom. The Balaban J connectivity index is 2.56. The van der Waals surface area contributed by atoms with Gasteiger partial charge in [0, 0.05) is 17.1 Å². The number of carbonyl (C=O) groups excluding carboxylic acids is 1. The number of hydrogen-bond acceptors (Lipinski definition) is 3. The van der Waals surface area contributed by atoms with Crippen molar-refractivity contribution in [3.63, 3.8) is 0 Å². The van der Waals surface area contributed by atoms with Gasteiger partial charge >= 0.3 is 0 Å². The molecule has 1 aromatic carbocycles. The molecule has 118 valence electrons. The van der Waals surface area contributed by atoms with E-state index in [9.17, 15) is 4.79 Å². The summed E-state index contributed by atoms with van der Waals surface area (Å²) in [5, 5.41) is 3.54. The number of ether oxygens (including phenoxy) is 1. The van der Waals surface area contributed by atoms with Crippen LogP contribution < -0.4 is 15.8 Å². The molecule has 4 nitrogen and oxygen atoms in total. The summed E-state index contributed by atoms with van der Waals surface area (Å²) in [5.41, 5.74) is 6.73. The van der Waals surface area contributed by atoms with E-state index in [1.807, 2.05) is 26.8 Å². The van der Waals surface area contributed by atoms with Crippen molar-refractivity contribution in [1.29, 1.82) is 0 Å². The van der Waals surface area contributed by atoms with E-state index in [-0.39, 0.29) is 11.4 Å². The zero-order valence-electron chi connectivity index (χ0n) is 13.2. The molecule has 1 amide bonds. The first-order valence-electron chi connectivity index (χ1n) is 7.30. The lowest BCUT2D eigenvalue weighted by Gasteiger charge is -2.27. The topological polar surface area (TPSA) is 64.3 Å². The summed E-state index contributed by atoms with van der Waals surface area (Å²) in [4.78, 5) is 12.1. The zero-order valence-corrected chi connectivity index (χ0v) is 14.0. The third kappa shape index (κ3) is 5.21. The number of halogens is 1. The highest BCUT2D eigenvalue weighted by Gasteiger charge is 2.23. The molecule has 0 radical (unpaired) electrons. The van der Waals surface area contributed by atoms with Gasteiger partial charge in [0.1, 0.15) is 5.75 Å². The highest BCUT2D eigenvalue weighted by Crippen LogP contribution is 2.21. The third-order valence-corrected chi connectivity index (χ3v) is 4.26. The molecule has 0 heterocycles. The molecule has 3 N–H and O–H groups in total. The van der Waals surface area contributed by atoms with E-state index in [2.05, 4.69) is 5.32 Å². The average Bonchev–Trinajstić information content (AvgIpc) is 2.48. The molecule has 1 rings (SSSR count). The molecule has 0 aliphatic heterocycles. The Morgan fingerprint density at radius 1 is 1.43 bits per heavy atom. The van der Waals surface area contributed by atoms with Crippen LogP contribution in [0.3, 0.4) is 0 Å². The van der Waals surface area contributed by atoms with Crippen LogP contribution in [0.1, 0.15) is 39.2 Å². The van der Waals surface area contributed by atoms with Gasteiger partial charge in [0.25, 0.3) is 5.91 Å². The van der Waals surface area contributed by atoms with Crippen molar-refractivity contribution in [3.05, 3.63) is 28.8 Å². The van der Waals surface area contributed by atoms with Gasteiger partial charge in [-0.15, -0.1) is 0 Å². The maximum absolute atomic E-state index is 12.1. The summed E-state index contributed by atoms with van der Waals surface area (Å²) in [6, 6.07) is 5.33. The summed E-state index contributed by atoms with van der Waals surface area (Å²) in [6.07, 6.45) is 1.05. The van der Waals surface area contributed by atoms with Crippen LogP contribution in [-0.2, 0) is 4.79 Å². The molecule has 0 aliphatic carbocycles. The fourth-order valence-electron chi connectivity index (χ4n) is 1.86. The fraction of sp³-hybridized carbons (Fsp3) is 0.562. The monoisotopic (exact) mass is 312 g/mol. The maximum Gasteiger partial charge on any atom is 0.260 e. The van der Waals surface area contributed by atoms with Gasteiger partial charge in [-0.25, -0.2) is 0 Å². The number of nitrogens with two attached hydrogens (primary N) is 1. The minimum Gasteiger partial charge on any atom is -0.481 e. The molecular formula is C16H25ClN2O2. The molecule has 0 saturated heterocycles. The van der Waals surface area contributed by atoms with E-state index in [4.69, 9.17) is 22.1 Å². The molecule has 0 fully saturated rings. The number of hydrogen-bond donors (Lipinski definition) is 2. The largest absolute Gasteiger partial charge is 0.481 e. The first kappa shape index (κ1) is 17.8. The molecule has 1 unspecified atom stereocenters. The standard InChI is InChI=1S/C16H25ClN2O2/c1-5-16(18,6-2)10-19-15(20)12(4)21-13-7-8-14(17)11(3)9-13/h7-9,12H,5-6,10,18H2,1-4H3,(H,19,20). The summed E-state index contributed by atoms with van der Waals surface area (Å²) >= 11 is 5.96. The van der Waals surface area contributed by atoms with Gasteiger partial charge < -0.3 is 15.8 Å². The summed E-state index contributed by atoms with van der Waals surface area (Å²) in [6.45, 7) is 8.10. The number of amides is 1. The van der Waals surface area contributed by atoms with Gasteiger partial charge in [-0.05, 0) is 50.5 Å². The van der Waals surface area contributed by atoms with Crippen LogP contribution in [0.2, 0.25) is 5.02 Å². The average molecular weight is 313 g/mol. The van der Waals surface area contributed by atoms with Crippen molar-refractivity contribution in [2.75, 3.05) is 6.54 Å². The van der Waals surface area contributed by atoms with E-state index in [1.54, 1.807) is 19.1 Å². The quantitative estimate of drug-likeness (QED) is 0.813. The van der Waals surface area contributed by atoms with E-state index in [0.29, 0.717) is 17.3 Å². The number of aryl methyl sites for hydroxylation is 1. The SMILES string of the molecule is CCC(N)(CC)CNC(=O)C(C)Oc1ccc(Cl)c(C)c1. The van der Waals surface area contributed by atoms with E-state index in [1.165, 1.54) is 0 Å². The van der Waals surface area contributed by atoms with Crippen LogP contribution in [0.25, 0.3) is 0 Å². The number of rotatable bonds is 7. The molecule has 0 saturated carbocycles. The highest BCUT2D eigenvalue weighted by molar-refractivity contribution is 6.31. The second kappa shape index (κ2) is 7.66. The first-order chi connectivity index (χ1) is 9.81. The Hall–Kier alpha value is -1.26. The van der Waals surface area contributed by atoms with Crippen LogP contribution >= 0.6 is 11.6 Å². The van der Waals surface area contributed by atoms with Crippen molar-refractivity contribution in [1.82, 2.24) is 5.32 Å². The van der Waals surface area contributed by atoms with E-state index in [0.717, 1.165) is 18.4 Å². The maximum atomic E-state index is 12.1. The first-order valence-corrected chi connectivity index (χ1v) is 7.68. The third-order valence-electron chi connectivity index (χ3n) is 3.83. The molecule has 1 atom stereocenters. The minimum absolute atomic E-state index is 0.167. The highest BCUT2D eigenvalue weighted by atomic mass is 35.5. The van der Waals surface area contributed by atoms with Crippen LogP contribution in [0, 0.1) is 6.92 Å². The Labute approximate surface area is 132 Å². The Morgan fingerprint density at radius 3 is 2.57 bits per heavy atom. The Bertz CT molecular complexity index is 487. The van der Waals surface area contributed by atoms with Gasteiger partial charge in [-0.1, -0.05) is 25.4 Å². The van der Waals surface area contributed by atoms with Crippen LogP contribution in [0.5, 0.6) is 5.75 Å².